The van der Waals surface area contributed by atoms with Gasteiger partial charge in [-0.25, -0.2) is 4.79 Å². The number of rotatable bonds is 7. The quantitative estimate of drug-likeness (QED) is 0.656. The molecule has 0 saturated heterocycles. The number of hydrogen-bond donors (Lipinski definition) is 1. The highest BCUT2D eigenvalue weighted by Crippen LogP contribution is 2.02. The van der Waals surface area contributed by atoms with Gasteiger partial charge in [0, 0.05) is 13.3 Å². The Balaban J connectivity index is 4.23. The van der Waals surface area contributed by atoms with Crippen LogP contribution >= 0.6 is 0 Å². The average Bonchev–Trinajstić information content (AvgIpc) is 2.24. The van der Waals surface area contributed by atoms with E-state index in [0.717, 1.165) is 0 Å². The maximum atomic E-state index is 11.5. The maximum Gasteiger partial charge on any atom is 0.328 e. The topological polar surface area (TPSA) is 81.7 Å². The summed E-state index contributed by atoms with van der Waals surface area (Å²) >= 11 is 0. The number of carbonyl (C=O) groups is 3. The molecular weight excluding hydrogens is 226 g/mol. The zero-order valence-electron chi connectivity index (χ0n) is 10.4. The zero-order valence-corrected chi connectivity index (χ0v) is 10.4. The van der Waals surface area contributed by atoms with E-state index >= 15 is 0 Å². The highest BCUT2D eigenvalue weighted by Gasteiger charge is 2.21. The van der Waals surface area contributed by atoms with Crippen molar-refractivity contribution < 1.29 is 23.9 Å². The Bertz CT molecular complexity index is 277. The van der Waals surface area contributed by atoms with Crippen LogP contribution in [0.5, 0.6) is 0 Å². The van der Waals surface area contributed by atoms with Crippen LogP contribution in [0.3, 0.4) is 0 Å². The maximum absolute atomic E-state index is 11.5. The van der Waals surface area contributed by atoms with E-state index in [4.69, 9.17) is 9.47 Å². The molecule has 0 aliphatic heterocycles. The number of nitrogens with one attached hydrogen (secondary N) is 1. The predicted octanol–water partition coefficient (Wildman–Crippen LogP) is 0.397. The number of esters is 2. The predicted molar refractivity (Wildman–Crippen MR) is 60.1 cm³/mol. The molecule has 0 rings (SSSR count). The van der Waals surface area contributed by atoms with Crippen LogP contribution in [0.25, 0.3) is 0 Å². The summed E-state index contributed by atoms with van der Waals surface area (Å²) in [7, 11) is 0. The van der Waals surface area contributed by atoms with E-state index in [0.29, 0.717) is 6.61 Å². The number of carbonyl (C=O) groups excluding carboxylic acids is 3. The first-order chi connectivity index (χ1) is 8.01. The van der Waals surface area contributed by atoms with Crippen molar-refractivity contribution >= 4 is 17.8 Å². The molecule has 0 aromatic heterocycles. The van der Waals surface area contributed by atoms with Crippen molar-refractivity contribution in [2.24, 2.45) is 0 Å². The molecule has 0 aromatic rings. The zero-order chi connectivity index (χ0) is 13.3. The highest BCUT2D eigenvalue weighted by atomic mass is 16.5. The van der Waals surface area contributed by atoms with Crippen molar-refractivity contribution in [3.05, 3.63) is 0 Å². The molecule has 0 aliphatic carbocycles. The molecule has 6 heteroatoms. The Morgan fingerprint density at radius 2 is 1.71 bits per heavy atom. The molecule has 6 nitrogen and oxygen atoms in total. The lowest BCUT2D eigenvalue weighted by Gasteiger charge is -2.15. The standard InChI is InChI=1S/C11H19NO5/c1-4-16-10(14)7-6-9(12-8(3)13)11(15)17-5-2/h9H,4-7H2,1-3H3,(H,12,13)/t9-/m0/s1. The Labute approximate surface area is 101 Å². The van der Waals surface area contributed by atoms with Crippen LogP contribution in [-0.2, 0) is 23.9 Å². The minimum Gasteiger partial charge on any atom is -0.466 e. The van der Waals surface area contributed by atoms with E-state index in [-0.39, 0.29) is 25.4 Å². The molecule has 0 aliphatic rings. The third-order valence-electron chi connectivity index (χ3n) is 1.89. The van der Waals surface area contributed by atoms with Crippen molar-refractivity contribution in [2.45, 2.75) is 39.7 Å². The first-order valence-corrected chi connectivity index (χ1v) is 5.60. The molecular formula is C11H19NO5. The Hall–Kier alpha value is -1.59. The normalized spacial score (nSPS) is 11.5. The van der Waals surface area contributed by atoms with Gasteiger partial charge in [0.25, 0.3) is 0 Å². The monoisotopic (exact) mass is 245 g/mol. The molecule has 0 heterocycles. The molecule has 1 atom stereocenters. The van der Waals surface area contributed by atoms with E-state index in [9.17, 15) is 14.4 Å². The molecule has 98 valence electrons. The molecule has 0 saturated carbocycles. The fourth-order valence-electron chi connectivity index (χ4n) is 1.23. The summed E-state index contributed by atoms with van der Waals surface area (Å²) < 4.78 is 9.52. The van der Waals surface area contributed by atoms with Crippen molar-refractivity contribution in [1.82, 2.24) is 5.32 Å². The van der Waals surface area contributed by atoms with Gasteiger partial charge in [-0.05, 0) is 20.3 Å². The van der Waals surface area contributed by atoms with Crippen molar-refractivity contribution in [3.63, 3.8) is 0 Å². The Morgan fingerprint density at radius 1 is 1.12 bits per heavy atom. The number of amides is 1. The van der Waals surface area contributed by atoms with E-state index < -0.39 is 18.0 Å². The van der Waals surface area contributed by atoms with Crippen LogP contribution < -0.4 is 5.32 Å². The van der Waals surface area contributed by atoms with Crippen molar-refractivity contribution in [1.29, 1.82) is 0 Å². The van der Waals surface area contributed by atoms with E-state index in [1.807, 2.05) is 0 Å². The second-order valence-corrected chi connectivity index (χ2v) is 3.35. The van der Waals surface area contributed by atoms with Crippen LogP contribution in [0.4, 0.5) is 0 Å². The molecule has 17 heavy (non-hydrogen) atoms. The van der Waals surface area contributed by atoms with Gasteiger partial charge in [-0.15, -0.1) is 0 Å². The molecule has 0 spiro atoms. The third kappa shape index (κ3) is 7.32. The summed E-state index contributed by atoms with van der Waals surface area (Å²) in [5.74, 6) is -1.27. The summed E-state index contributed by atoms with van der Waals surface area (Å²) in [6.07, 6.45) is 0.245. The van der Waals surface area contributed by atoms with E-state index in [1.54, 1.807) is 13.8 Å². The van der Waals surface area contributed by atoms with Crippen LogP contribution in [-0.4, -0.2) is 37.1 Å². The van der Waals surface area contributed by atoms with Gasteiger partial charge in [-0.2, -0.15) is 0 Å². The van der Waals surface area contributed by atoms with Gasteiger partial charge < -0.3 is 14.8 Å². The van der Waals surface area contributed by atoms with Gasteiger partial charge in [0.15, 0.2) is 0 Å². The van der Waals surface area contributed by atoms with Crippen LogP contribution in [0.2, 0.25) is 0 Å². The smallest absolute Gasteiger partial charge is 0.328 e. The largest absolute Gasteiger partial charge is 0.466 e. The summed E-state index contributed by atoms with van der Waals surface area (Å²) in [6.45, 7) is 5.20. The average molecular weight is 245 g/mol. The van der Waals surface area contributed by atoms with E-state index in [1.165, 1.54) is 6.92 Å². The SMILES string of the molecule is CCOC(=O)CC[C@H](NC(C)=O)C(=O)OCC. The summed E-state index contributed by atoms with van der Waals surface area (Å²) in [5, 5.41) is 2.44. The number of ether oxygens (including phenoxy) is 2. The fourth-order valence-corrected chi connectivity index (χ4v) is 1.23. The van der Waals surface area contributed by atoms with Crippen LogP contribution in [0.15, 0.2) is 0 Å². The van der Waals surface area contributed by atoms with Gasteiger partial charge in [0.1, 0.15) is 6.04 Å². The Kier molecular flexibility index (Phi) is 7.75. The van der Waals surface area contributed by atoms with Gasteiger partial charge >= 0.3 is 11.9 Å². The molecule has 1 N–H and O–H groups in total. The summed E-state index contributed by atoms with van der Waals surface area (Å²) in [4.78, 5) is 33.5. The fraction of sp³-hybridized carbons (Fsp3) is 0.727. The minimum atomic E-state index is -0.795. The van der Waals surface area contributed by atoms with E-state index in [2.05, 4.69) is 5.32 Å². The summed E-state index contributed by atoms with van der Waals surface area (Å²) in [5.41, 5.74) is 0. The molecule has 0 bridgehead atoms. The highest BCUT2D eigenvalue weighted by molar-refractivity contribution is 5.83. The second kappa shape index (κ2) is 8.55. The van der Waals surface area contributed by atoms with Crippen molar-refractivity contribution in [2.75, 3.05) is 13.2 Å². The molecule has 1 amide bonds. The molecule has 0 aromatic carbocycles. The second-order valence-electron chi connectivity index (χ2n) is 3.35. The van der Waals surface area contributed by atoms with Gasteiger partial charge in [0.05, 0.1) is 13.2 Å². The lowest BCUT2D eigenvalue weighted by Crippen LogP contribution is -2.41. The third-order valence-corrected chi connectivity index (χ3v) is 1.89. The number of hydrogen-bond acceptors (Lipinski definition) is 5. The van der Waals surface area contributed by atoms with Gasteiger partial charge in [-0.3, -0.25) is 9.59 Å². The summed E-state index contributed by atoms with van der Waals surface area (Å²) in [6, 6.07) is -0.795. The van der Waals surface area contributed by atoms with Gasteiger partial charge in [-0.1, -0.05) is 0 Å². The lowest BCUT2D eigenvalue weighted by molar-refractivity contribution is -0.148. The van der Waals surface area contributed by atoms with Crippen LogP contribution in [0, 0.1) is 0 Å². The molecule has 0 fully saturated rings. The minimum absolute atomic E-state index is 0.0671. The van der Waals surface area contributed by atoms with Gasteiger partial charge in [0.2, 0.25) is 5.91 Å². The molecule has 0 unspecified atom stereocenters. The van der Waals surface area contributed by atoms with Crippen molar-refractivity contribution in [3.8, 4) is 0 Å². The Morgan fingerprint density at radius 3 is 2.18 bits per heavy atom. The first kappa shape index (κ1) is 15.4. The molecule has 0 radical (unpaired) electrons. The first-order valence-electron chi connectivity index (χ1n) is 5.60. The van der Waals surface area contributed by atoms with Crippen LogP contribution in [0.1, 0.15) is 33.6 Å². The lowest BCUT2D eigenvalue weighted by atomic mass is 10.1.